The van der Waals surface area contributed by atoms with Crippen LogP contribution in [0.4, 0.5) is 0 Å². The van der Waals surface area contributed by atoms with E-state index in [0.717, 1.165) is 30.2 Å². The van der Waals surface area contributed by atoms with Gasteiger partial charge in [-0.05, 0) is 6.92 Å². The smallest absolute Gasteiger partial charge is 0.122 e. The Labute approximate surface area is 84.5 Å². The zero-order chi connectivity index (χ0) is 10.4. The van der Waals surface area contributed by atoms with Gasteiger partial charge in [-0.2, -0.15) is 0 Å². The standard InChI is InChI=1S/C10H17N3O/c1-8-5-10(14-2)6-9(13-8)7-12-4-3-11/h5-6,12H,3-4,7,11H2,1-2H3. The number of hydrogen-bond donors (Lipinski definition) is 2. The zero-order valence-corrected chi connectivity index (χ0v) is 8.71. The molecule has 0 radical (unpaired) electrons. The van der Waals surface area contributed by atoms with Crippen LogP contribution in [0, 0.1) is 6.92 Å². The Morgan fingerprint density at radius 1 is 1.50 bits per heavy atom. The van der Waals surface area contributed by atoms with E-state index in [1.165, 1.54) is 0 Å². The van der Waals surface area contributed by atoms with E-state index < -0.39 is 0 Å². The van der Waals surface area contributed by atoms with Gasteiger partial charge in [0.15, 0.2) is 0 Å². The van der Waals surface area contributed by atoms with Gasteiger partial charge in [0.2, 0.25) is 0 Å². The van der Waals surface area contributed by atoms with Crippen LogP contribution in [-0.2, 0) is 6.54 Å². The molecule has 14 heavy (non-hydrogen) atoms. The minimum absolute atomic E-state index is 0.642. The van der Waals surface area contributed by atoms with Crippen molar-refractivity contribution < 1.29 is 4.74 Å². The fraction of sp³-hybridized carbons (Fsp3) is 0.500. The minimum Gasteiger partial charge on any atom is -0.497 e. The second-order valence-corrected chi connectivity index (χ2v) is 3.11. The van der Waals surface area contributed by atoms with Gasteiger partial charge in [0.25, 0.3) is 0 Å². The van der Waals surface area contributed by atoms with Crippen LogP contribution < -0.4 is 15.8 Å². The summed E-state index contributed by atoms with van der Waals surface area (Å²) < 4.78 is 5.15. The lowest BCUT2D eigenvalue weighted by atomic mass is 10.3. The number of nitrogens with one attached hydrogen (secondary N) is 1. The summed E-state index contributed by atoms with van der Waals surface area (Å²) in [5.74, 6) is 0.849. The van der Waals surface area contributed by atoms with Crippen LogP contribution in [0.15, 0.2) is 12.1 Å². The first-order chi connectivity index (χ1) is 6.76. The van der Waals surface area contributed by atoms with Gasteiger partial charge in [0.1, 0.15) is 5.75 Å². The van der Waals surface area contributed by atoms with Gasteiger partial charge >= 0.3 is 0 Å². The van der Waals surface area contributed by atoms with Gasteiger partial charge in [-0.25, -0.2) is 0 Å². The van der Waals surface area contributed by atoms with E-state index in [4.69, 9.17) is 10.5 Å². The first kappa shape index (κ1) is 10.9. The molecule has 0 amide bonds. The fourth-order valence-electron chi connectivity index (χ4n) is 1.23. The van der Waals surface area contributed by atoms with Gasteiger partial charge in [-0.15, -0.1) is 0 Å². The first-order valence-corrected chi connectivity index (χ1v) is 4.68. The molecule has 0 saturated carbocycles. The van der Waals surface area contributed by atoms with Crippen LogP contribution >= 0.6 is 0 Å². The number of pyridine rings is 1. The Hall–Kier alpha value is -1.13. The Balaban J connectivity index is 2.62. The minimum atomic E-state index is 0.642. The summed E-state index contributed by atoms with van der Waals surface area (Å²) in [6.07, 6.45) is 0. The topological polar surface area (TPSA) is 60.2 Å². The molecule has 4 nitrogen and oxygen atoms in total. The highest BCUT2D eigenvalue weighted by Gasteiger charge is 1.99. The molecule has 3 N–H and O–H groups in total. The fourth-order valence-corrected chi connectivity index (χ4v) is 1.23. The number of aromatic nitrogens is 1. The zero-order valence-electron chi connectivity index (χ0n) is 8.71. The van der Waals surface area contributed by atoms with Gasteiger partial charge in [0.05, 0.1) is 12.8 Å². The quantitative estimate of drug-likeness (QED) is 0.670. The van der Waals surface area contributed by atoms with Crippen LogP contribution in [0.1, 0.15) is 11.4 Å². The molecule has 0 aliphatic rings. The van der Waals surface area contributed by atoms with Crippen molar-refractivity contribution in [2.75, 3.05) is 20.2 Å². The van der Waals surface area contributed by atoms with Gasteiger partial charge in [-0.1, -0.05) is 0 Å². The van der Waals surface area contributed by atoms with Crippen molar-refractivity contribution in [2.45, 2.75) is 13.5 Å². The summed E-state index contributed by atoms with van der Waals surface area (Å²) in [6, 6.07) is 3.84. The van der Waals surface area contributed by atoms with E-state index in [2.05, 4.69) is 10.3 Å². The lowest BCUT2D eigenvalue weighted by Gasteiger charge is -2.06. The maximum atomic E-state index is 5.37. The molecule has 0 spiro atoms. The predicted octanol–water partition coefficient (Wildman–Crippen LogP) is 0.447. The van der Waals surface area contributed by atoms with E-state index in [1.807, 2.05) is 19.1 Å². The van der Waals surface area contributed by atoms with Crippen molar-refractivity contribution in [2.24, 2.45) is 5.73 Å². The van der Waals surface area contributed by atoms with E-state index in [-0.39, 0.29) is 0 Å². The number of hydrogen-bond acceptors (Lipinski definition) is 4. The summed E-state index contributed by atoms with van der Waals surface area (Å²) in [6.45, 7) is 4.13. The third-order valence-electron chi connectivity index (χ3n) is 1.84. The average Bonchev–Trinajstić information content (AvgIpc) is 2.17. The maximum absolute atomic E-state index is 5.37. The van der Waals surface area contributed by atoms with Crippen molar-refractivity contribution in [3.63, 3.8) is 0 Å². The summed E-state index contributed by atoms with van der Waals surface area (Å²) in [5, 5.41) is 3.19. The molecule has 0 bridgehead atoms. The van der Waals surface area contributed by atoms with Gasteiger partial charge in [0, 0.05) is 37.5 Å². The molecular formula is C10H17N3O. The highest BCUT2D eigenvalue weighted by Crippen LogP contribution is 2.12. The van der Waals surface area contributed by atoms with Crippen molar-refractivity contribution in [3.8, 4) is 5.75 Å². The summed E-state index contributed by atoms with van der Waals surface area (Å²) >= 11 is 0. The SMILES string of the molecule is COc1cc(C)nc(CNCCN)c1. The van der Waals surface area contributed by atoms with Crippen LogP contribution in [0.2, 0.25) is 0 Å². The molecule has 0 aliphatic carbocycles. The molecular weight excluding hydrogens is 178 g/mol. The van der Waals surface area contributed by atoms with Crippen LogP contribution in [-0.4, -0.2) is 25.2 Å². The normalized spacial score (nSPS) is 10.2. The predicted molar refractivity (Wildman–Crippen MR) is 56.3 cm³/mol. The van der Waals surface area contributed by atoms with Crippen molar-refractivity contribution >= 4 is 0 Å². The average molecular weight is 195 g/mol. The summed E-state index contributed by atoms with van der Waals surface area (Å²) in [7, 11) is 1.66. The Morgan fingerprint density at radius 3 is 2.93 bits per heavy atom. The third-order valence-corrected chi connectivity index (χ3v) is 1.84. The number of ether oxygens (including phenoxy) is 1. The Morgan fingerprint density at radius 2 is 2.29 bits per heavy atom. The molecule has 0 aliphatic heterocycles. The van der Waals surface area contributed by atoms with Gasteiger partial charge < -0.3 is 15.8 Å². The molecule has 0 unspecified atom stereocenters. The monoisotopic (exact) mass is 195 g/mol. The van der Waals surface area contributed by atoms with E-state index in [9.17, 15) is 0 Å². The number of nitrogens with two attached hydrogens (primary N) is 1. The van der Waals surface area contributed by atoms with Crippen molar-refractivity contribution in [1.82, 2.24) is 10.3 Å². The lowest BCUT2D eigenvalue weighted by molar-refractivity contribution is 0.412. The Bertz CT molecular complexity index is 289. The van der Waals surface area contributed by atoms with E-state index in [0.29, 0.717) is 6.54 Å². The maximum Gasteiger partial charge on any atom is 0.122 e. The second kappa shape index (κ2) is 5.57. The van der Waals surface area contributed by atoms with Crippen molar-refractivity contribution in [3.05, 3.63) is 23.5 Å². The van der Waals surface area contributed by atoms with E-state index >= 15 is 0 Å². The number of nitrogens with zero attached hydrogens (tertiary/aromatic N) is 1. The molecule has 4 heteroatoms. The third kappa shape index (κ3) is 3.32. The van der Waals surface area contributed by atoms with Crippen LogP contribution in [0.5, 0.6) is 5.75 Å². The lowest BCUT2D eigenvalue weighted by Crippen LogP contribution is -2.22. The molecule has 1 aromatic heterocycles. The summed E-state index contributed by atoms with van der Waals surface area (Å²) in [5.41, 5.74) is 7.32. The second-order valence-electron chi connectivity index (χ2n) is 3.11. The molecule has 1 rings (SSSR count). The Kier molecular flexibility index (Phi) is 4.35. The first-order valence-electron chi connectivity index (χ1n) is 4.68. The molecule has 0 fully saturated rings. The largest absolute Gasteiger partial charge is 0.497 e. The number of aryl methyl sites for hydroxylation is 1. The summed E-state index contributed by atoms with van der Waals surface area (Å²) in [4.78, 5) is 4.37. The molecule has 0 aromatic carbocycles. The highest BCUT2D eigenvalue weighted by molar-refractivity contribution is 5.26. The molecule has 1 heterocycles. The molecule has 1 aromatic rings. The van der Waals surface area contributed by atoms with Crippen LogP contribution in [0.25, 0.3) is 0 Å². The highest BCUT2D eigenvalue weighted by atomic mass is 16.5. The molecule has 0 saturated heterocycles. The number of methoxy groups -OCH3 is 1. The number of rotatable bonds is 5. The van der Waals surface area contributed by atoms with E-state index in [1.54, 1.807) is 7.11 Å². The molecule has 0 atom stereocenters. The van der Waals surface area contributed by atoms with Gasteiger partial charge in [-0.3, -0.25) is 4.98 Å². The van der Waals surface area contributed by atoms with Crippen LogP contribution in [0.3, 0.4) is 0 Å². The molecule has 78 valence electrons. The van der Waals surface area contributed by atoms with Crippen molar-refractivity contribution in [1.29, 1.82) is 0 Å².